The SMILES string of the molecule is Fc1c(F)c(F)c(-c2c(F)c(F)c(F)c(F)c2B(Oc2cccc3c(F)c(F)c(F)c(F)c23)Oc2c(F)c(F)c(F)c3c(F)c(F)c(F)c(F)c23)c(F)c1F. The van der Waals surface area contributed by atoms with Gasteiger partial charge in [0, 0.05) is 10.9 Å². The summed E-state index contributed by atoms with van der Waals surface area (Å²) < 4.78 is 304. The number of rotatable bonds is 6. The largest absolute Gasteiger partial charge is 0.636 e. The normalized spacial score (nSPS) is 11.6. The summed E-state index contributed by atoms with van der Waals surface area (Å²) in [6, 6.07) is 1.22. The maximum Gasteiger partial charge on any atom is 0.636 e. The van der Waals surface area contributed by atoms with E-state index in [9.17, 15) is 57.1 Å². The number of fused-ring (bicyclic) bond motifs is 2. The first-order chi connectivity index (χ1) is 25.7. The molecule has 55 heavy (non-hydrogen) atoms. The molecule has 6 rings (SSSR count). The molecule has 0 amide bonds. The number of hydrogen-bond acceptors (Lipinski definition) is 2. The standard InChI is InChI=1S/C32H3BF20O2/c34-12-4-2-1-3-5(6(4)13(35)22(44)21(12)43)54-33(55-32-10-9(18(40)28(50)31(32)53)17(39)24(46)27(49)19(10)41)11-7(14(36)23(45)29(51)20(11)42)8-15(37)25(47)30(52)26(48)16(8)38/h1-3H. The van der Waals surface area contributed by atoms with Crippen molar-refractivity contribution in [2.75, 3.05) is 0 Å². The van der Waals surface area contributed by atoms with Gasteiger partial charge in [0.25, 0.3) is 0 Å². The van der Waals surface area contributed by atoms with Crippen LogP contribution in [0.5, 0.6) is 11.5 Å². The van der Waals surface area contributed by atoms with Gasteiger partial charge in [-0.25, -0.2) is 83.4 Å². The second-order valence-corrected chi connectivity index (χ2v) is 10.8. The van der Waals surface area contributed by atoms with E-state index in [-0.39, 0.29) is 6.07 Å². The van der Waals surface area contributed by atoms with Crippen LogP contribution in [0.3, 0.4) is 0 Å². The van der Waals surface area contributed by atoms with E-state index in [1.54, 1.807) is 0 Å². The van der Waals surface area contributed by atoms with Gasteiger partial charge < -0.3 is 9.31 Å². The molecule has 0 saturated heterocycles. The molecular formula is C32H3BF20O2. The first-order valence-electron chi connectivity index (χ1n) is 13.9. The van der Waals surface area contributed by atoms with Gasteiger partial charge in [0.15, 0.2) is 110 Å². The molecule has 0 unspecified atom stereocenters. The quantitative estimate of drug-likeness (QED) is 0.0722. The highest BCUT2D eigenvalue weighted by Gasteiger charge is 2.44. The Morgan fingerprint density at radius 1 is 0.309 bits per heavy atom. The van der Waals surface area contributed by atoms with Gasteiger partial charge in [-0.15, -0.1) is 0 Å². The maximum atomic E-state index is 15.8. The van der Waals surface area contributed by atoms with E-state index in [2.05, 4.69) is 4.65 Å². The van der Waals surface area contributed by atoms with Crippen LogP contribution in [0.25, 0.3) is 32.7 Å². The van der Waals surface area contributed by atoms with E-state index in [1.807, 2.05) is 0 Å². The predicted octanol–water partition coefficient (Wildman–Crippen LogP) is 10.3. The Morgan fingerprint density at radius 3 is 1.22 bits per heavy atom. The highest BCUT2D eigenvalue weighted by Crippen LogP contribution is 2.42. The summed E-state index contributed by atoms with van der Waals surface area (Å²) >= 11 is 0. The smallest absolute Gasteiger partial charge is 0.521 e. The molecule has 0 saturated carbocycles. The molecule has 0 fully saturated rings. The lowest BCUT2D eigenvalue weighted by Crippen LogP contribution is -2.47. The molecule has 0 radical (unpaired) electrons. The van der Waals surface area contributed by atoms with Crippen molar-refractivity contribution in [2.45, 2.75) is 0 Å². The van der Waals surface area contributed by atoms with Gasteiger partial charge in [0.2, 0.25) is 11.6 Å². The number of halogens is 20. The van der Waals surface area contributed by atoms with Crippen molar-refractivity contribution in [3.63, 3.8) is 0 Å². The summed E-state index contributed by atoms with van der Waals surface area (Å²) in [5.41, 5.74) is -8.11. The van der Waals surface area contributed by atoms with E-state index < -0.39 is 173 Å². The molecule has 23 heteroatoms. The van der Waals surface area contributed by atoms with Crippen molar-refractivity contribution in [1.29, 1.82) is 0 Å². The Morgan fingerprint density at radius 2 is 0.691 bits per heavy atom. The van der Waals surface area contributed by atoms with Crippen molar-refractivity contribution < 1.29 is 97.1 Å². The summed E-state index contributed by atoms with van der Waals surface area (Å²) in [5, 5.41) is -7.85. The van der Waals surface area contributed by atoms with Crippen molar-refractivity contribution in [2.24, 2.45) is 0 Å². The zero-order valence-electron chi connectivity index (χ0n) is 25.2. The third kappa shape index (κ3) is 5.52. The Hall–Kier alpha value is -5.90. The van der Waals surface area contributed by atoms with E-state index in [4.69, 9.17) is 4.65 Å². The minimum absolute atomic E-state index is 0.278. The monoisotopic (exact) mass is 810 g/mol. The van der Waals surface area contributed by atoms with Gasteiger partial charge in [-0.1, -0.05) is 12.1 Å². The zero-order valence-corrected chi connectivity index (χ0v) is 25.2. The van der Waals surface area contributed by atoms with Crippen LogP contribution in [-0.4, -0.2) is 7.12 Å². The molecule has 0 atom stereocenters. The molecule has 6 aromatic rings. The van der Waals surface area contributed by atoms with Gasteiger partial charge in [0.1, 0.15) is 5.75 Å². The third-order valence-corrected chi connectivity index (χ3v) is 7.82. The summed E-state index contributed by atoms with van der Waals surface area (Å²) in [4.78, 5) is 0. The highest BCUT2D eigenvalue weighted by molar-refractivity contribution is 6.65. The minimum Gasteiger partial charge on any atom is -0.521 e. The fraction of sp³-hybridized carbons (Fsp3) is 0. The molecule has 0 spiro atoms. The van der Waals surface area contributed by atoms with Gasteiger partial charge in [-0.3, -0.25) is 0 Å². The van der Waals surface area contributed by atoms with Crippen LogP contribution in [0.1, 0.15) is 0 Å². The van der Waals surface area contributed by atoms with Crippen molar-refractivity contribution in [3.8, 4) is 22.6 Å². The molecule has 6 aromatic carbocycles. The Balaban J connectivity index is 1.81. The lowest BCUT2D eigenvalue weighted by atomic mass is 9.72. The maximum absolute atomic E-state index is 15.8. The third-order valence-electron chi connectivity index (χ3n) is 7.82. The number of hydrogen-bond donors (Lipinski definition) is 0. The van der Waals surface area contributed by atoms with Gasteiger partial charge in [0.05, 0.1) is 27.2 Å². The molecule has 0 aliphatic rings. The molecule has 0 heterocycles. The molecule has 286 valence electrons. The first kappa shape index (κ1) is 38.8. The topological polar surface area (TPSA) is 18.5 Å². The van der Waals surface area contributed by atoms with Gasteiger partial charge in [-0.05, 0) is 6.07 Å². The van der Waals surface area contributed by atoms with Crippen molar-refractivity contribution in [1.82, 2.24) is 0 Å². The van der Waals surface area contributed by atoms with Crippen molar-refractivity contribution >= 4 is 34.1 Å². The fourth-order valence-corrected chi connectivity index (χ4v) is 5.34. The van der Waals surface area contributed by atoms with Crippen LogP contribution in [0.2, 0.25) is 0 Å². The van der Waals surface area contributed by atoms with Crippen LogP contribution in [0, 0.1) is 116 Å². The average molecular weight is 810 g/mol. The Bertz CT molecular complexity index is 2650. The van der Waals surface area contributed by atoms with Crippen LogP contribution in [0.4, 0.5) is 87.8 Å². The number of benzene rings is 6. The Kier molecular flexibility index (Phi) is 9.49. The lowest BCUT2D eigenvalue weighted by molar-refractivity contribution is 0.377. The lowest BCUT2D eigenvalue weighted by Gasteiger charge is -2.23. The van der Waals surface area contributed by atoms with Crippen LogP contribution < -0.4 is 14.8 Å². The van der Waals surface area contributed by atoms with Gasteiger partial charge >= 0.3 is 7.12 Å². The zero-order chi connectivity index (χ0) is 40.9. The van der Waals surface area contributed by atoms with Gasteiger partial charge in [-0.2, -0.15) is 4.39 Å². The highest BCUT2D eigenvalue weighted by atomic mass is 19.2. The van der Waals surface area contributed by atoms with Crippen LogP contribution in [-0.2, 0) is 0 Å². The van der Waals surface area contributed by atoms with E-state index >= 15 is 30.7 Å². The molecule has 0 N–H and O–H groups in total. The van der Waals surface area contributed by atoms with Crippen LogP contribution in [0.15, 0.2) is 18.2 Å². The first-order valence-corrected chi connectivity index (χ1v) is 13.9. The van der Waals surface area contributed by atoms with Crippen LogP contribution >= 0.6 is 0 Å². The fourth-order valence-electron chi connectivity index (χ4n) is 5.34. The summed E-state index contributed by atoms with van der Waals surface area (Å²) in [7, 11) is -3.98. The van der Waals surface area contributed by atoms with E-state index in [1.165, 1.54) is 0 Å². The summed E-state index contributed by atoms with van der Waals surface area (Å²) in [6.07, 6.45) is 0. The minimum atomic E-state index is -3.98. The molecule has 0 aromatic heterocycles. The molecule has 0 aliphatic carbocycles. The van der Waals surface area contributed by atoms with E-state index in [0.29, 0.717) is 12.1 Å². The second kappa shape index (κ2) is 13.4. The molecule has 2 nitrogen and oxygen atoms in total. The Labute approximate surface area is 288 Å². The molecule has 0 bridgehead atoms. The summed E-state index contributed by atoms with van der Waals surface area (Å²) in [5.74, 6) is -62.9. The summed E-state index contributed by atoms with van der Waals surface area (Å²) in [6.45, 7) is 0. The molecule has 0 aliphatic heterocycles. The molecular weight excluding hydrogens is 807 g/mol. The average Bonchev–Trinajstić information content (AvgIpc) is 3.16. The predicted molar refractivity (Wildman–Crippen MR) is 146 cm³/mol. The van der Waals surface area contributed by atoms with E-state index in [0.717, 1.165) is 0 Å². The second-order valence-electron chi connectivity index (χ2n) is 10.8. The van der Waals surface area contributed by atoms with Crippen molar-refractivity contribution in [3.05, 3.63) is 135 Å².